The van der Waals surface area contributed by atoms with Crippen LogP contribution >= 0.6 is 23.4 Å². The number of aliphatic carboxylic acids is 1. The van der Waals surface area contributed by atoms with Gasteiger partial charge in [-0.3, -0.25) is 14.9 Å². The molecule has 0 bridgehead atoms. The first kappa shape index (κ1) is 11.8. The number of nitrogens with zero attached hydrogens (tertiary/aromatic N) is 1. The molecule has 0 spiro atoms. The van der Waals surface area contributed by atoms with E-state index in [1.54, 1.807) is 0 Å². The lowest BCUT2D eigenvalue weighted by Gasteiger charge is -2.00. The van der Waals surface area contributed by atoms with E-state index in [0.29, 0.717) is 5.02 Å². The topological polar surface area (TPSA) is 80.4 Å². The molecule has 1 aromatic carbocycles. The summed E-state index contributed by atoms with van der Waals surface area (Å²) < 4.78 is 0. The summed E-state index contributed by atoms with van der Waals surface area (Å²) in [6.45, 7) is 0. The standard InChI is InChI=1S/C8H6ClNO4S/c9-5-1-2-6(10(13)14)7(3-5)15-4-8(11)12/h1-3H,4H2,(H,11,12). The van der Waals surface area contributed by atoms with Gasteiger partial charge in [-0.1, -0.05) is 11.6 Å². The first-order valence-electron chi connectivity index (χ1n) is 3.79. The highest BCUT2D eigenvalue weighted by Gasteiger charge is 2.15. The van der Waals surface area contributed by atoms with Crippen molar-refractivity contribution >= 4 is 35.0 Å². The average molecular weight is 248 g/mol. The summed E-state index contributed by atoms with van der Waals surface area (Å²) in [5.74, 6) is -1.27. The molecule has 5 nitrogen and oxygen atoms in total. The third-order valence-corrected chi connectivity index (χ3v) is 2.73. The molecule has 15 heavy (non-hydrogen) atoms. The van der Waals surface area contributed by atoms with E-state index in [1.165, 1.54) is 18.2 Å². The second kappa shape index (κ2) is 4.99. The third kappa shape index (κ3) is 3.41. The summed E-state index contributed by atoms with van der Waals surface area (Å²) in [5.41, 5.74) is -0.134. The number of carbonyl (C=O) groups is 1. The van der Waals surface area contributed by atoms with E-state index in [9.17, 15) is 14.9 Å². The molecule has 0 saturated heterocycles. The molecule has 0 radical (unpaired) electrons. The molecule has 0 aromatic heterocycles. The second-order valence-corrected chi connectivity index (χ2v) is 4.01. The SMILES string of the molecule is O=C(O)CSc1cc(Cl)ccc1[N+](=O)[O-]. The molecular formula is C8H6ClNO4S. The van der Waals surface area contributed by atoms with Crippen LogP contribution in [-0.2, 0) is 4.79 Å². The zero-order valence-electron chi connectivity index (χ0n) is 7.34. The van der Waals surface area contributed by atoms with Gasteiger partial charge < -0.3 is 5.11 Å². The Balaban J connectivity index is 2.96. The highest BCUT2D eigenvalue weighted by molar-refractivity contribution is 8.00. The van der Waals surface area contributed by atoms with Gasteiger partial charge in [0.05, 0.1) is 15.6 Å². The fraction of sp³-hybridized carbons (Fsp3) is 0.125. The van der Waals surface area contributed by atoms with Crippen LogP contribution in [0.5, 0.6) is 0 Å². The van der Waals surface area contributed by atoms with E-state index in [-0.39, 0.29) is 16.3 Å². The highest BCUT2D eigenvalue weighted by atomic mass is 35.5. The molecular weight excluding hydrogens is 242 g/mol. The van der Waals surface area contributed by atoms with Crippen molar-refractivity contribution in [2.75, 3.05) is 5.75 Å². The molecule has 0 unspecified atom stereocenters. The maximum absolute atomic E-state index is 10.6. The van der Waals surface area contributed by atoms with E-state index >= 15 is 0 Å². The lowest BCUT2D eigenvalue weighted by atomic mass is 10.3. The second-order valence-electron chi connectivity index (χ2n) is 2.55. The van der Waals surface area contributed by atoms with E-state index in [0.717, 1.165) is 11.8 Å². The van der Waals surface area contributed by atoms with Crippen LogP contribution in [0.15, 0.2) is 23.1 Å². The lowest BCUT2D eigenvalue weighted by Crippen LogP contribution is -1.99. The molecule has 7 heteroatoms. The van der Waals surface area contributed by atoms with Gasteiger partial charge in [-0.25, -0.2) is 0 Å². The molecule has 0 aliphatic heterocycles. The Morgan fingerprint density at radius 2 is 2.27 bits per heavy atom. The number of carboxylic acid groups (broad SMARTS) is 1. The van der Waals surface area contributed by atoms with Crippen LogP contribution in [0.25, 0.3) is 0 Å². The molecule has 0 fully saturated rings. The number of thioether (sulfide) groups is 1. The van der Waals surface area contributed by atoms with Crippen LogP contribution in [0.1, 0.15) is 0 Å². The van der Waals surface area contributed by atoms with Crippen molar-refractivity contribution in [3.8, 4) is 0 Å². The quantitative estimate of drug-likeness (QED) is 0.502. The Bertz CT molecular complexity index is 410. The minimum Gasteiger partial charge on any atom is -0.481 e. The van der Waals surface area contributed by atoms with Gasteiger partial charge in [0.1, 0.15) is 0 Å². The maximum atomic E-state index is 10.6. The minimum absolute atomic E-state index is 0.134. The first-order valence-corrected chi connectivity index (χ1v) is 5.15. The predicted octanol–water partition coefficient (Wildman–Crippen LogP) is 2.42. The van der Waals surface area contributed by atoms with Gasteiger partial charge in [-0.05, 0) is 12.1 Å². The van der Waals surface area contributed by atoms with Crippen molar-refractivity contribution in [2.45, 2.75) is 4.90 Å². The summed E-state index contributed by atoms with van der Waals surface area (Å²) in [4.78, 5) is 20.6. The molecule has 80 valence electrons. The fourth-order valence-corrected chi connectivity index (χ4v) is 1.91. The van der Waals surface area contributed by atoms with Crippen LogP contribution in [0.2, 0.25) is 5.02 Å². The van der Waals surface area contributed by atoms with Gasteiger partial charge in [0.25, 0.3) is 5.69 Å². The van der Waals surface area contributed by atoms with E-state index in [1.807, 2.05) is 0 Å². The number of rotatable bonds is 4. The van der Waals surface area contributed by atoms with Crippen LogP contribution in [0.3, 0.4) is 0 Å². The van der Waals surface area contributed by atoms with Crippen molar-refractivity contribution < 1.29 is 14.8 Å². The van der Waals surface area contributed by atoms with Gasteiger partial charge >= 0.3 is 5.97 Å². The summed E-state index contributed by atoms with van der Waals surface area (Å²) >= 11 is 6.53. The third-order valence-electron chi connectivity index (χ3n) is 1.47. The number of hydrogen-bond donors (Lipinski definition) is 1. The minimum atomic E-state index is -1.03. The summed E-state index contributed by atoms with van der Waals surface area (Å²) in [6, 6.07) is 4.03. The van der Waals surface area contributed by atoms with Crippen molar-refractivity contribution in [1.29, 1.82) is 0 Å². The number of nitro groups is 1. The number of hydrogen-bond acceptors (Lipinski definition) is 4. The average Bonchev–Trinajstić information content (AvgIpc) is 2.14. The zero-order valence-corrected chi connectivity index (χ0v) is 8.92. The molecule has 0 aliphatic rings. The Morgan fingerprint density at radius 3 is 2.80 bits per heavy atom. The summed E-state index contributed by atoms with van der Waals surface area (Å²) in [6.07, 6.45) is 0. The van der Waals surface area contributed by atoms with Gasteiger partial charge in [0.2, 0.25) is 0 Å². The number of benzene rings is 1. The molecule has 0 atom stereocenters. The molecule has 1 N–H and O–H groups in total. The van der Waals surface area contributed by atoms with Gasteiger partial charge in [-0.15, -0.1) is 11.8 Å². The van der Waals surface area contributed by atoms with E-state index in [2.05, 4.69) is 0 Å². The Morgan fingerprint density at radius 1 is 1.60 bits per heavy atom. The van der Waals surface area contributed by atoms with Crippen molar-refractivity contribution in [2.24, 2.45) is 0 Å². The molecule has 1 rings (SSSR count). The van der Waals surface area contributed by atoms with Gasteiger partial charge in [0.15, 0.2) is 0 Å². The molecule has 0 amide bonds. The molecule has 0 aliphatic carbocycles. The first-order chi connectivity index (χ1) is 7.00. The largest absolute Gasteiger partial charge is 0.481 e. The van der Waals surface area contributed by atoms with Crippen molar-refractivity contribution in [3.63, 3.8) is 0 Å². The molecule has 0 heterocycles. The Hall–Kier alpha value is -1.27. The Labute approximate surface area is 94.2 Å². The van der Waals surface area contributed by atoms with E-state index in [4.69, 9.17) is 16.7 Å². The molecule has 0 saturated carbocycles. The smallest absolute Gasteiger partial charge is 0.313 e. The monoisotopic (exact) mass is 247 g/mol. The predicted molar refractivity (Wildman–Crippen MR) is 56.5 cm³/mol. The lowest BCUT2D eigenvalue weighted by molar-refractivity contribution is -0.387. The fourth-order valence-electron chi connectivity index (χ4n) is 0.894. The van der Waals surface area contributed by atoms with Crippen LogP contribution in [-0.4, -0.2) is 21.8 Å². The summed E-state index contributed by atoms with van der Waals surface area (Å²) in [7, 11) is 0. The van der Waals surface area contributed by atoms with Crippen LogP contribution in [0, 0.1) is 10.1 Å². The Kier molecular flexibility index (Phi) is 3.93. The normalized spacial score (nSPS) is 9.93. The van der Waals surface area contributed by atoms with Crippen molar-refractivity contribution in [3.05, 3.63) is 33.3 Å². The number of halogens is 1. The highest BCUT2D eigenvalue weighted by Crippen LogP contribution is 2.31. The number of carboxylic acids is 1. The number of nitro benzene ring substituents is 1. The zero-order chi connectivity index (χ0) is 11.4. The molecule has 1 aromatic rings. The van der Waals surface area contributed by atoms with Crippen LogP contribution < -0.4 is 0 Å². The van der Waals surface area contributed by atoms with Crippen LogP contribution in [0.4, 0.5) is 5.69 Å². The maximum Gasteiger partial charge on any atom is 0.313 e. The summed E-state index contributed by atoms with van der Waals surface area (Å²) in [5, 5.41) is 19.4. The van der Waals surface area contributed by atoms with Gasteiger partial charge in [-0.2, -0.15) is 0 Å². The van der Waals surface area contributed by atoms with Gasteiger partial charge in [0, 0.05) is 11.1 Å². The van der Waals surface area contributed by atoms with Crippen molar-refractivity contribution in [1.82, 2.24) is 0 Å². The van der Waals surface area contributed by atoms with E-state index < -0.39 is 10.9 Å².